The zero-order valence-electron chi connectivity index (χ0n) is 8.62. The van der Waals surface area contributed by atoms with Crippen LogP contribution in [0.3, 0.4) is 0 Å². The second kappa shape index (κ2) is 4.48. The Bertz CT molecular complexity index is 498. The quantitative estimate of drug-likeness (QED) is 0.561. The van der Waals surface area contributed by atoms with E-state index < -0.39 is 0 Å². The fraction of sp³-hybridized carbons (Fsp3) is 0.0667. The Morgan fingerprint density at radius 1 is 0.933 bits per heavy atom. The zero-order valence-corrected chi connectivity index (χ0v) is 8.62. The molecule has 0 saturated heterocycles. The highest BCUT2D eigenvalue weighted by atomic mass is 13.9. The number of aryl methyl sites for hydroxylation is 1. The van der Waals surface area contributed by atoms with Gasteiger partial charge in [-0.05, 0) is 30.7 Å². The van der Waals surface area contributed by atoms with Crippen molar-refractivity contribution in [2.75, 3.05) is 0 Å². The van der Waals surface area contributed by atoms with Gasteiger partial charge in [-0.3, -0.25) is 0 Å². The van der Waals surface area contributed by atoms with Crippen LogP contribution in [-0.2, 0) is 0 Å². The minimum absolute atomic E-state index is 0.931. The van der Waals surface area contributed by atoms with Gasteiger partial charge >= 0.3 is 0 Å². The van der Waals surface area contributed by atoms with Crippen molar-refractivity contribution in [2.45, 2.75) is 6.92 Å². The third-order valence-electron chi connectivity index (χ3n) is 2.19. The van der Waals surface area contributed by atoms with E-state index in [2.05, 4.69) is 30.9 Å². The molecule has 1 radical (unpaired) electrons. The third kappa shape index (κ3) is 2.48. The van der Waals surface area contributed by atoms with Gasteiger partial charge in [0, 0.05) is 11.1 Å². The lowest BCUT2D eigenvalue weighted by atomic mass is 10.1. The second-order valence-corrected chi connectivity index (χ2v) is 3.34. The average molecular weight is 191 g/mol. The normalized spacial score (nSPS) is 9.13. The van der Waals surface area contributed by atoms with Crippen molar-refractivity contribution in [1.29, 1.82) is 0 Å². The van der Waals surface area contributed by atoms with E-state index in [9.17, 15) is 0 Å². The summed E-state index contributed by atoms with van der Waals surface area (Å²) in [5.41, 5.74) is 3.22. The third-order valence-corrected chi connectivity index (χ3v) is 2.19. The summed E-state index contributed by atoms with van der Waals surface area (Å²) in [6.07, 6.45) is 0. The largest absolute Gasteiger partial charge is 0.0619 e. The van der Waals surface area contributed by atoms with Crippen LogP contribution in [0.4, 0.5) is 0 Å². The molecule has 0 fully saturated rings. The number of benzene rings is 2. The van der Waals surface area contributed by atoms with E-state index >= 15 is 0 Å². The number of hydrogen-bond acceptors (Lipinski definition) is 0. The molecule has 0 aliphatic rings. The molecule has 0 aromatic heterocycles. The predicted octanol–water partition coefficient (Wildman–Crippen LogP) is 3.20. The highest BCUT2D eigenvalue weighted by Gasteiger charge is 1.90. The van der Waals surface area contributed by atoms with Crippen molar-refractivity contribution in [2.24, 2.45) is 0 Å². The Kier molecular flexibility index (Phi) is 2.85. The first-order valence-corrected chi connectivity index (χ1v) is 4.90. The van der Waals surface area contributed by atoms with Crippen LogP contribution in [0.15, 0.2) is 48.5 Å². The van der Waals surface area contributed by atoms with E-state index in [0.29, 0.717) is 0 Å². The summed E-state index contributed by atoms with van der Waals surface area (Å²) in [6, 6.07) is 19.0. The Hall–Kier alpha value is -2.00. The smallest absolute Gasteiger partial charge is 0.0327 e. The van der Waals surface area contributed by atoms with E-state index in [4.69, 9.17) is 0 Å². The summed E-state index contributed by atoms with van der Waals surface area (Å²) in [5, 5.41) is 0. The summed E-state index contributed by atoms with van der Waals surface area (Å²) in [5.74, 6) is 6.24. The molecule has 0 unspecified atom stereocenters. The Balaban J connectivity index is 2.31. The van der Waals surface area contributed by atoms with Gasteiger partial charge in [0.1, 0.15) is 0 Å². The molecule has 0 spiro atoms. The monoisotopic (exact) mass is 191 g/mol. The Morgan fingerprint density at radius 2 is 1.73 bits per heavy atom. The van der Waals surface area contributed by atoms with E-state index in [-0.39, 0.29) is 0 Å². The van der Waals surface area contributed by atoms with E-state index in [1.165, 1.54) is 5.56 Å². The molecule has 0 bridgehead atoms. The lowest BCUT2D eigenvalue weighted by Crippen LogP contribution is -1.80. The first-order valence-electron chi connectivity index (χ1n) is 4.90. The minimum atomic E-state index is 0.931. The molecule has 0 nitrogen and oxygen atoms in total. The molecule has 0 amide bonds. The first kappa shape index (κ1) is 9.55. The summed E-state index contributed by atoms with van der Waals surface area (Å²) >= 11 is 0. The molecule has 2 rings (SSSR count). The molecule has 0 aliphatic heterocycles. The van der Waals surface area contributed by atoms with Crippen LogP contribution >= 0.6 is 0 Å². The maximum absolute atomic E-state index is 3.15. The Morgan fingerprint density at radius 3 is 2.47 bits per heavy atom. The van der Waals surface area contributed by atoms with Crippen LogP contribution in [0.5, 0.6) is 0 Å². The van der Waals surface area contributed by atoms with Crippen LogP contribution in [0.25, 0.3) is 0 Å². The van der Waals surface area contributed by atoms with Crippen molar-refractivity contribution in [3.8, 4) is 11.8 Å². The summed E-state index contributed by atoms with van der Waals surface area (Å²) in [6.45, 7) is 2.07. The minimum Gasteiger partial charge on any atom is -0.0619 e. The Labute approximate surface area is 90.6 Å². The van der Waals surface area contributed by atoms with Gasteiger partial charge < -0.3 is 0 Å². The van der Waals surface area contributed by atoms with Crippen molar-refractivity contribution in [3.05, 3.63) is 71.3 Å². The molecular weight excluding hydrogens is 180 g/mol. The SMILES string of the molecule is Cc1ccccc1C#Cc1[c]cccc1. The van der Waals surface area contributed by atoms with E-state index in [1.807, 2.05) is 42.5 Å². The first-order chi connectivity index (χ1) is 7.36. The molecule has 0 aliphatic carbocycles. The van der Waals surface area contributed by atoms with E-state index in [1.54, 1.807) is 0 Å². The molecule has 0 saturated carbocycles. The molecular formula is C15H11. The number of hydrogen-bond donors (Lipinski definition) is 0. The molecule has 15 heavy (non-hydrogen) atoms. The average Bonchev–Trinajstić information content (AvgIpc) is 2.29. The van der Waals surface area contributed by atoms with Gasteiger partial charge in [0.25, 0.3) is 0 Å². The topological polar surface area (TPSA) is 0 Å². The molecule has 0 N–H and O–H groups in total. The summed E-state index contributed by atoms with van der Waals surface area (Å²) in [7, 11) is 0. The van der Waals surface area contributed by atoms with Crippen molar-refractivity contribution >= 4 is 0 Å². The molecule has 2 aromatic rings. The van der Waals surface area contributed by atoms with Crippen LogP contribution in [0.1, 0.15) is 16.7 Å². The van der Waals surface area contributed by atoms with Crippen molar-refractivity contribution in [1.82, 2.24) is 0 Å². The molecule has 0 heterocycles. The highest BCUT2D eigenvalue weighted by Crippen LogP contribution is 2.05. The second-order valence-electron chi connectivity index (χ2n) is 3.34. The highest BCUT2D eigenvalue weighted by molar-refractivity contribution is 5.45. The van der Waals surface area contributed by atoms with Gasteiger partial charge in [-0.15, -0.1) is 0 Å². The van der Waals surface area contributed by atoms with Crippen LogP contribution < -0.4 is 0 Å². The molecule has 0 heteroatoms. The zero-order chi connectivity index (χ0) is 10.5. The molecule has 71 valence electrons. The predicted molar refractivity (Wildman–Crippen MR) is 62.4 cm³/mol. The van der Waals surface area contributed by atoms with Crippen LogP contribution in [0, 0.1) is 24.8 Å². The van der Waals surface area contributed by atoms with Crippen molar-refractivity contribution < 1.29 is 0 Å². The standard InChI is InChI=1S/C15H11/c1-13-7-5-6-10-15(13)12-11-14-8-3-2-4-9-14/h2-8,10H,1H3. The van der Waals surface area contributed by atoms with E-state index in [0.717, 1.165) is 11.1 Å². The lowest BCUT2D eigenvalue weighted by Gasteiger charge is -1.94. The van der Waals surface area contributed by atoms with Gasteiger partial charge in [0.2, 0.25) is 0 Å². The van der Waals surface area contributed by atoms with Crippen molar-refractivity contribution in [3.63, 3.8) is 0 Å². The molecule has 0 atom stereocenters. The van der Waals surface area contributed by atoms with Gasteiger partial charge in [-0.1, -0.05) is 48.2 Å². The van der Waals surface area contributed by atoms with Gasteiger partial charge in [0.15, 0.2) is 0 Å². The summed E-state index contributed by atoms with van der Waals surface area (Å²) in [4.78, 5) is 0. The van der Waals surface area contributed by atoms with Crippen LogP contribution in [-0.4, -0.2) is 0 Å². The maximum atomic E-state index is 3.15. The lowest BCUT2D eigenvalue weighted by molar-refractivity contribution is 1.44. The maximum Gasteiger partial charge on any atom is 0.0327 e. The summed E-state index contributed by atoms with van der Waals surface area (Å²) < 4.78 is 0. The fourth-order valence-electron chi connectivity index (χ4n) is 1.32. The fourth-order valence-corrected chi connectivity index (χ4v) is 1.32. The van der Waals surface area contributed by atoms with Crippen LogP contribution in [0.2, 0.25) is 0 Å². The van der Waals surface area contributed by atoms with Gasteiger partial charge in [-0.2, -0.15) is 0 Å². The molecule has 2 aromatic carbocycles. The van der Waals surface area contributed by atoms with Gasteiger partial charge in [-0.25, -0.2) is 0 Å². The van der Waals surface area contributed by atoms with Gasteiger partial charge in [0.05, 0.1) is 0 Å². The number of rotatable bonds is 0.